The number of fused-ring (bicyclic) bond motifs is 1. The van der Waals surface area contributed by atoms with E-state index < -0.39 is 0 Å². The highest BCUT2D eigenvalue weighted by Gasteiger charge is 2.37. The summed E-state index contributed by atoms with van der Waals surface area (Å²) in [7, 11) is 1.62. The third kappa shape index (κ3) is 2.72. The summed E-state index contributed by atoms with van der Waals surface area (Å²) in [6.07, 6.45) is 3.46. The highest BCUT2D eigenvalue weighted by atomic mass is 32.2. The van der Waals surface area contributed by atoms with Crippen molar-refractivity contribution in [2.45, 2.75) is 6.42 Å². The molecule has 0 atom stereocenters. The predicted octanol–water partition coefficient (Wildman–Crippen LogP) is 3.23. The number of aromatic nitrogens is 1. The van der Waals surface area contributed by atoms with Crippen molar-refractivity contribution in [3.63, 3.8) is 0 Å². The standard InChI is InChI=1S/C18H14N4O2S/c1-24-13-4-2-11(3-5-13)16-17(12-6-8-20-9-7-12)25-18-21-15(23)10-14(19)22(16)18/h2-9,19H,10H2,1H3. The molecule has 0 spiro atoms. The summed E-state index contributed by atoms with van der Waals surface area (Å²) in [6, 6.07) is 11.5. The average molecular weight is 350 g/mol. The van der Waals surface area contributed by atoms with E-state index in [9.17, 15) is 4.79 Å². The number of thioether (sulfide) groups is 1. The Bertz CT molecular complexity index is 920. The normalized spacial score (nSPS) is 16.8. The molecular weight excluding hydrogens is 336 g/mol. The van der Waals surface area contributed by atoms with Gasteiger partial charge in [0.15, 0.2) is 5.17 Å². The molecule has 1 N–H and O–H groups in total. The molecule has 0 saturated carbocycles. The number of amides is 1. The molecule has 7 heteroatoms. The molecule has 3 heterocycles. The average Bonchev–Trinajstić information content (AvgIpc) is 3.02. The minimum Gasteiger partial charge on any atom is -0.497 e. The lowest BCUT2D eigenvalue weighted by Crippen LogP contribution is -2.35. The molecule has 0 saturated heterocycles. The van der Waals surface area contributed by atoms with E-state index in [1.165, 1.54) is 11.8 Å². The van der Waals surface area contributed by atoms with Crippen molar-refractivity contribution in [3.05, 3.63) is 59.9 Å². The maximum Gasteiger partial charge on any atom is 0.255 e. The van der Waals surface area contributed by atoms with Crippen LogP contribution < -0.4 is 4.74 Å². The van der Waals surface area contributed by atoms with Gasteiger partial charge in [-0.3, -0.25) is 20.1 Å². The van der Waals surface area contributed by atoms with E-state index in [1.54, 1.807) is 24.4 Å². The first kappa shape index (κ1) is 15.6. The number of ether oxygens (including phenoxy) is 1. The van der Waals surface area contributed by atoms with Crippen molar-refractivity contribution in [3.8, 4) is 5.75 Å². The van der Waals surface area contributed by atoms with Gasteiger partial charge in [0.2, 0.25) is 0 Å². The number of rotatable bonds is 3. The second kappa shape index (κ2) is 6.18. The van der Waals surface area contributed by atoms with Gasteiger partial charge >= 0.3 is 0 Å². The summed E-state index contributed by atoms with van der Waals surface area (Å²) in [6.45, 7) is 0. The Balaban J connectivity index is 1.90. The number of nitrogens with zero attached hydrogens (tertiary/aromatic N) is 3. The number of carbonyl (C=O) groups excluding carboxylic acids is 1. The molecule has 1 aromatic heterocycles. The van der Waals surface area contributed by atoms with Crippen LogP contribution in [0, 0.1) is 5.41 Å². The van der Waals surface area contributed by atoms with Crippen molar-refractivity contribution in [2.75, 3.05) is 7.11 Å². The SMILES string of the molecule is COc1ccc(C2=C(c3ccncc3)SC3=NC(=O)CC(=N)N32)cc1. The summed E-state index contributed by atoms with van der Waals surface area (Å²) in [4.78, 5) is 22.7. The Morgan fingerprint density at radius 2 is 1.84 bits per heavy atom. The summed E-state index contributed by atoms with van der Waals surface area (Å²) >= 11 is 1.40. The minimum atomic E-state index is -0.284. The summed E-state index contributed by atoms with van der Waals surface area (Å²) < 4.78 is 5.23. The topological polar surface area (TPSA) is 78.6 Å². The monoisotopic (exact) mass is 350 g/mol. The van der Waals surface area contributed by atoms with Gasteiger partial charge in [-0.15, -0.1) is 0 Å². The van der Waals surface area contributed by atoms with E-state index in [1.807, 2.05) is 36.4 Å². The number of hydrogen-bond donors (Lipinski definition) is 1. The van der Waals surface area contributed by atoms with Crippen LogP contribution in [0.5, 0.6) is 5.75 Å². The van der Waals surface area contributed by atoms with Crippen LogP contribution in [0.3, 0.4) is 0 Å². The first-order valence-electron chi connectivity index (χ1n) is 7.63. The maximum absolute atomic E-state index is 11.8. The second-order valence-corrected chi connectivity index (χ2v) is 6.47. The molecule has 6 nitrogen and oxygen atoms in total. The highest BCUT2D eigenvalue weighted by molar-refractivity contribution is 8.22. The van der Waals surface area contributed by atoms with Gasteiger partial charge in [-0.2, -0.15) is 4.99 Å². The van der Waals surface area contributed by atoms with E-state index in [0.717, 1.165) is 27.5 Å². The van der Waals surface area contributed by atoms with E-state index >= 15 is 0 Å². The number of aliphatic imine (C=N–C) groups is 1. The van der Waals surface area contributed by atoms with Crippen molar-refractivity contribution in [2.24, 2.45) is 4.99 Å². The Hall–Kier alpha value is -2.93. The number of methoxy groups -OCH3 is 1. The number of pyridine rings is 1. The second-order valence-electron chi connectivity index (χ2n) is 5.49. The fourth-order valence-corrected chi connectivity index (χ4v) is 3.96. The molecule has 124 valence electrons. The summed E-state index contributed by atoms with van der Waals surface area (Å²) in [5.41, 5.74) is 2.77. The molecule has 25 heavy (non-hydrogen) atoms. The smallest absolute Gasteiger partial charge is 0.255 e. The molecule has 2 aromatic rings. The molecule has 0 unspecified atom stereocenters. The van der Waals surface area contributed by atoms with E-state index in [2.05, 4.69) is 9.98 Å². The number of hydrogen-bond acceptors (Lipinski definition) is 5. The van der Waals surface area contributed by atoms with E-state index in [-0.39, 0.29) is 18.2 Å². The van der Waals surface area contributed by atoms with Gasteiger partial charge in [0.1, 0.15) is 11.6 Å². The zero-order valence-corrected chi connectivity index (χ0v) is 14.2. The van der Waals surface area contributed by atoms with Crippen LogP contribution >= 0.6 is 11.8 Å². The van der Waals surface area contributed by atoms with Crippen molar-refractivity contribution in [1.29, 1.82) is 5.41 Å². The number of amidine groups is 2. The molecular formula is C18H14N4O2S. The Morgan fingerprint density at radius 3 is 2.52 bits per heavy atom. The van der Waals surface area contributed by atoms with Crippen molar-refractivity contribution < 1.29 is 9.53 Å². The van der Waals surface area contributed by atoms with Crippen LogP contribution in [0.4, 0.5) is 0 Å². The van der Waals surface area contributed by atoms with Crippen LogP contribution in [0.2, 0.25) is 0 Å². The molecule has 2 aliphatic rings. The zero-order chi connectivity index (χ0) is 17.4. The van der Waals surface area contributed by atoms with Crippen LogP contribution in [0.15, 0.2) is 53.8 Å². The summed E-state index contributed by atoms with van der Waals surface area (Å²) in [5.74, 6) is 0.712. The lowest BCUT2D eigenvalue weighted by Gasteiger charge is -2.25. The summed E-state index contributed by atoms with van der Waals surface area (Å²) in [5, 5.41) is 8.82. The van der Waals surface area contributed by atoms with Gasteiger partial charge < -0.3 is 4.74 Å². The molecule has 0 fully saturated rings. The van der Waals surface area contributed by atoms with Crippen LogP contribution in [-0.2, 0) is 4.79 Å². The largest absolute Gasteiger partial charge is 0.497 e. The Labute approximate surface area is 148 Å². The number of benzene rings is 1. The number of nitrogens with one attached hydrogen (secondary N) is 1. The van der Waals surface area contributed by atoms with E-state index in [4.69, 9.17) is 10.1 Å². The first-order chi connectivity index (χ1) is 12.2. The van der Waals surface area contributed by atoms with Crippen molar-refractivity contribution in [1.82, 2.24) is 9.88 Å². The fraction of sp³-hybridized carbons (Fsp3) is 0.111. The van der Waals surface area contributed by atoms with Gasteiger partial charge in [-0.05, 0) is 53.7 Å². The van der Waals surface area contributed by atoms with Gasteiger partial charge in [0.05, 0.1) is 19.2 Å². The Morgan fingerprint density at radius 1 is 1.12 bits per heavy atom. The zero-order valence-electron chi connectivity index (χ0n) is 13.4. The lowest BCUT2D eigenvalue weighted by atomic mass is 10.1. The number of carbonyl (C=O) groups is 1. The van der Waals surface area contributed by atoms with Gasteiger partial charge in [0, 0.05) is 22.9 Å². The highest BCUT2D eigenvalue weighted by Crippen LogP contribution is 2.47. The molecule has 4 rings (SSSR count). The molecule has 0 radical (unpaired) electrons. The first-order valence-corrected chi connectivity index (χ1v) is 8.45. The fourth-order valence-electron chi connectivity index (χ4n) is 2.78. The Kier molecular flexibility index (Phi) is 3.85. The predicted molar refractivity (Wildman–Crippen MR) is 98.3 cm³/mol. The molecule has 1 aromatic carbocycles. The third-order valence-corrected chi connectivity index (χ3v) is 5.03. The van der Waals surface area contributed by atoms with Gasteiger partial charge in [-0.1, -0.05) is 0 Å². The van der Waals surface area contributed by atoms with Gasteiger partial charge in [-0.25, -0.2) is 0 Å². The molecule has 0 bridgehead atoms. The molecule has 2 aliphatic heterocycles. The lowest BCUT2D eigenvalue weighted by molar-refractivity contribution is -0.116. The maximum atomic E-state index is 11.8. The molecule has 1 amide bonds. The van der Waals surface area contributed by atoms with E-state index in [0.29, 0.717) is 5.17 Å². The minimum absolute atomic E-state index is 0.00728. The van der Waals surface area contributed by atoms with Crippen LogP contribution in [0.25, 0.3) is 10.6 Å². The van der Waals surface area contributed by atoms with Gasteiger partial charge in [0.25, 0.3) is 5.91 Å². The quantitative estimate of drug-likeness (QED) is 0.919. The van der Waals surface area contributed by atoms with Crippen molar-refractivity contribution >= 4 is 39.3 Å². The molecule has 0 aliphatic carbocycles. The van der Waals surface area contributed by atoms with Crippen LogP contribution in [-0.4, -0.2) is 33.9 Å². The van der Waals surface area contributed by atoms with Crippen LogP contribution in [0.1, 0.15) is 17.5 Å². The third-order valence-electron chi connectivity index (χ3n) is 3.94.